The van der Waals surface area contributed by atoms with Crippen molar-refractivity contribution in [3.8, 4) is 17.1 Å². The van der Waals surface area contributed by atoms with E-state index in [0.29, 0.717) is 53.3 Å². The van der Waals surface area contributed by atoms with Crippen LogP contribution in [0.4, 0.5) is 0 Å². The number of hydrogen-bond acceptors (Lipinski definition) is 12. The van der Waals surface area contributed by atoms with Crippen molar-refractivity contribution in [1.82, 2.24) is 29.1 Å². The van der Waals surface area contributed by atoms with E-state index in [-0.39, 0.29) is 60.7 Å². The number of carbonyl (C=O) groups excluding carboxylic acids is 2. The number of allylic oxidation sites excluding steroid dienone is 1. The SMILES string of the molecule is CCC(C)=CC(=CN=C(C)N1CCN(S(=O)(=O)Oc2ccc3nc4c(cc3c2CN(C)C)Cn2c-4cc3c(c2=O)COC(=O)C3(O)CC)CC1)C(=O)NO. The van der Waals surface area contributed by atoms with E-state index in [1.54, 1.807) is 48.2 Å². The highest BCUT2D eigenvalue weighted by atomic mass is 32.2. The van der Waals surface area contributed by atoms with Gasteiger partial charge in [0, 0.05) is 61.0 Å². The number of pyridine rings is 2. The Bertz CT molecular complexity index is 2290. The molecule has 3 N–H and O–H groups in total. The summed E-state index contributed by atoms with van der Waals surface area (Å²) in [5.74, 6) is -0.750. The molecule has 3 aliphatic rings. The summed E-state index contributed by atoms with van der Waals surface area (Å²) in [6, 6.07) is 6.79. The van der Waals surface area contributed by atoms with E-state index in [9.17, 15) is 27.9 Å². The summed E-state index contributed by atoms with van der Waals surface area (Å²) in [4.78, 5) is 51.4. The van der Waals surface area contributed by atoms with Crippen molar-refractivity contribution in [3.63, 3.8) is 0 Å². The number of amides is 1. The van der Waals surface area contributed by atoms with Crippen LogP contribution in [0.1, 0.15) is 62.8 Å². The van der Waals surface area contributed by atoms with E-state index in [0.717, 1.165) is 17.6 Å². The van der Waals surface area contributed by atoms with Crippen molar-refractivity contribution in [2.45, 2.75) is 65.8 Å². The van der Waals surface area contributed by atoms with E-state index in [1.165, 1.54) is 10.5 Å². The molecule has 0 saturated carbocycles. The third kappa shape index (κ3) is 7.16. The fourth-order valence-electron chi connectivity index (χ4n) is 6.89. The number of cyclic esters (lactones) is 1. The summed E-state index contributed by atoms with van der Waals surface area (Å²) in [7, 11) is -0.527. The third-order valence-electron chi connectivity index (χ3n) is 10.2. The van der Waals surface area contributed by atoms with Crippen molar-refractivity contribution in [2.24, 2.45) is 4.99 Å². The molecule has 16 nitrogen and oxygen atoms in total. The van der Waals surface area contributed by atoms with E-state index in [4.69, 9.17) is 19.1 Å². The number of fused-ring (bicyclic) bond motifs is 5. The number of aliphatic imine (C=N–C) groups is 1. The molecule has 6 rings (SSSR count). The first kappa shape index (κ1) is 38.8. The minimum atomic E-state index is -4.24. The Morgan fingerprint density at radius 3 is 2.52 bits per heavy atom. The highest BCUT2D eigenvalue weighted by Crippen LogP contribution is 2.40. The number of benzene rings is 1. The number of nitrogens with one attached hydrogen (secondary N) is 1. The zero-order chi connectivity index (χ0) is 39.1. The summed E-state index contributed by atoms with van der Waals surface area (Å²) in [5.41, 5.74) is 3.77. The van der Waals surface area contributed by atoms with Crippen LogP contribution in [-0.4, -0.2) is 100 Å². The van der Waals surface area contributed by atoms with Crippen LogP contribution in [0.15, 0.2) is 57.5 Å². The zero-order valence-corrected chi connectivity index (χ0v) is 32.0. The minimum Gasteiger partial charge on any atom is -0.458 e. The van der Waals surface area contributed by atoms with Gasteiger partial charge in [-0.1, -0.05) is 19.4 Å². The molecule has 3 aliphatic heterocycles. The van der Waals surface area contributed by atoms with E-state index in [2.05, 4.69) is 4.99 Å². The molecule has 5 heterocycles. The summed E-state index contributed by atoms with van der Waals surface area (Å²) in [5, 5.41) is 21.0. The predicted molar refractivity (Wildman–Crippen MR) is 200 cm³/mol. The molecule has 288 valence electrons. The van der Waals surface area contributed by atoms with E-state index < -0.39 is 27.8 Å². The van der Waals surface area contributed by atoms with Gasteiger partial charge in [-0.3, -0.25) is 14.8 Å². The monoisotopic (exact) mass is 763 g/mol. The Morgan fingerprint density at radius 1 is 1.15 bits per heavy atom. The van der Waals surface area contributed by atoms with Gasteiger partial charge < -0.3 is 28.4 Å². The van der Waals surface area contributed by atoms with Crippen LogP contribution in [0.3, 0.4) is 0 Å². The molecule has 1 amide bonds. The first-order chi connectivity index (χ1) is 25.6. The molecule has 3 aromatic rings. The molecule has 1 fully saturated rings. The normalized spacial score (nSPS) is 19.5. The molecule has 0 aliphatic carbocycles. The van der Waals surface area contributed by atoms with Gasteiger partial charge in [-0.15, -0.1) is 0 Å². The lowest BCUT2D eigenvalue weighted by Crippen LogP contribution is -2.51. The fraction of sp³-hybridized carbons (Fsp3) is 0.432. The fourth-order valence-corrected chi connectivity index (χ4v) is 7.99. The number of esters is 1. The molecule has 1 atom stereocenters. The summed E-state index contributed by atoms with van der Waals surface area (Å²) in [6.45, 7) is 8.43. The van der Waals surface area contributed by atoms with Gasteiger partial charge >= 0.3 is 16.3 Å². The molecule has 0 spiro atoms. The molecule has 1 aromatic carbocycles. The average molecular weight is 764 g/mol. The Balaban J connectivity index is 1.26. The molecular formula is C37H45N7O9S. The number of nitrogens with zero attached hydrogens (tertiary/aromatic N) is 6. The van der Waals surface area contributed by atoms with Crippen molar-refractivity contribution in [3.05, 3.63) is 80.3 Å². The molecular weight excluding hydrogens is 719 g/mol. The van der Waals surface area contributed by atoms with Crippen LogP contribution in [0.25, 0.3) is 22.3 Å². The van der Waals surface area contributed by atoms with E-state index >= 15 is 0 Å². The summed E-state index contributed by atoms with van der Waals surface area (Å²) in [6.07, 6.45) is 3.77. The number of rotatable bonds is 10. The van der Waals surface area contributed by atoms with E-state index in [1.807, 2.05) is 43.8 Å². The first-order valence-corrected chi connectivity index (χ1v) is 19.1. The molecule has 1 unspecified atom stereocenters. The quantitative estimate of drug-likeness (QED) is 0.0407. The number of piperazine rings is 1. The number of hydroxylamine groups is 1. The molecule has 0 radical (unpaired) electrons. The first-order valence-electron chi connectivity index (χ1n) is 17.7. The lowest BCUT2D eigenvalue weighted by molar-refractivity contribution is -0.172. The Morgan fingerprint density at radius 2 is 1.87 bits per heavy atom. The number of ether oxygens (including phenoxy) is 1. The second kappa shape index (κ2) is 15.1. The Labute approximate surface area is 313 Å². The van der Waals surface area contributed by atoms with Crippen molar-refractivity contribution in [1.29, 1.82) is 0 Å². The van der Waals surface area contributed by atoms with Crippen LogP contribution in [0.2, 0.25) is 0 Å². The topological polar surface area (TPSA) is 196 Å². The summed E-state index contributed by atoms with van der Waals surface area (Å²) >= 11 is 0. The number of aliphatic hydroxyl groups is 1. The third-order valence-corrected chi connectivity index (χ3v) is 11.5. The maximum absolute atomic E-state index is 13.7. The second-order valence-corrected chi connectivity index (χ2v) is 15.5. The number of carbonyl (C=O) groups is 2. The molecule has 1 saturated heterocycles. The van der Waals surface area contributed by atoms with Gasteiger partial charge in [0.1, 0.15) is 18.2 Å². The Kier molecular flexibility index (Phi) is 10.8. The standard InChI is InChI=1S/C37H45N7O9S/c1-7-22(3)15-24(34(45)40-49)18-38-23(4)42-11-13-43(14-12-42)54(50,51)53-32-10-9-30-26(27(32)20-41(5)6)16-25-19-44-31(33(25)39-30)17-29-28(35(44)46)21-52-36(47)37(29,48)8-2/h9-10,15-18,48-49H,7-8,11-14,19-21H2,1-6H3,(H,40,45). The van der Waals surface area contributed by atoms with Gasteiger partial charge in [0.15, 0.2) is 5.60 Å². The van der Waals surface area contributed by atoms with Crippen molar-refractivity contribution >= 4 is 38.9 Å². The van der Waals surface area contributed by atoms with Gasteiger partial charge in [-0.2, -0.15) is 12.7 Å². The second-order valence-electron chi connectivity index (χ2n) is 13.9. The lowest BCUT2D eigenvalue weighted by Gasteiger charge is -2.34. The minimum absolute atomic E-state index is 0.0333. The summed E-state index contributed by atoms with van der Waals surface area (Å²) < 4.78 is 41.3. The molecule has 17 heteroatoms. The maximum atomic E-state index is 13.7. The highest BCUT2D eigenvalue weighted by Gasteiger charge is 2.45. The van der Waals surface area contributed by atoms with Crippen LogP contribution in [-0.2, 0) is 49.9 Å². The van der Waals surface area contributed by atoms with Crippen LogP contribution >= 0.6 is 0 Å². The zero-order valence-electron chi connectivity index (χ0n) is 31.2. The maximum Gasteiger partial charge on any atom is 0.385 e. The molecule has 54 heavy (non-hydrogen) atoms. The van der Waals surface area contributed by atoms with Crippen LogP contribution in [0, 0.1) is 0 Å². The highest BCUT2D eigenvalue weighted by molar-refractivity contribution is 7.84. The molecule has 2 aromatic heterocycles. The lowest BCUT2D eigenvalue weighted by atomic mass is 9.86. The van der Waals surface area contributed by atoms with Gasteiger partial charge in [-0.05, 0) is 71.1 Å². The van der Waals surface area contributed by atoms with Crippen LogP contribution < -0.4 is 15.2 Å². The van der Waals surface area contributed by atoms with Crippen molar-refractivity contribution < 1.29 is 37.2 Å². The van der Waals surface area contributed by atoms with Gasteiger partial charge in [0.25, 0.3) is 11.5 Å². The smallest absolute Gasteiger partial charge is 0.385 e. The van der Waals surface area contributed by atoms with Gasteiger partial charge in [0.2, 0.25) is 0 Å². The largest absolute Gasteiger partial charge is 0.458 e. The number of hydrogen-bond donors (Lipinski definition) is 3. The van der Waals surface area contributed by atoms with Gasteiger partial charge in [0.05, 0.1) is 34.6 Å². The average Bonchev–Trinajstić information content (AvgIpc) is 3.52. The number of aromatic nitrogens is 2. The Hall–Kier alpha value is -4.94. The predicted octanol–water partition coefficient (Wildman–Crippen LogP) is 2.55. The van der Waals surface area contributed by atoms with Crippen LogP contribution in [0.5, 0.6) is 5.75 Å². The number of amidine groups is 1. The molecule has 0 bridgehead atoms. The van der Waals surface area contributed by atoms with Crippen molar-refractivity contribution in [2.75, 3.05) is 40.3 Å². The van der Waals surface area contributed by atoms with Gasteiger partial charge in [-0.25, -0.2) is 20.3 Å².